The third-order valence-corrected chi connectivity index (χ3v) is 2.46. The monoisotopic (exact) mass is 278 g/mol. The average molecular weight is 279 g/mol. The third-order valence-electron chi connectivity index (χ3n) is 1.72. The summed E-state index contributed by atoms with van der Waals surface area (Å²) < 4.78 is 0. The van der Waals surface area contributed by atoms with Crippen LogP contribution >= 0.6 is 23.2 Å². The molecule has 0 spiro atoms. The summed E-state index contributed by atoms with van der Waals surface area (Å²) in [6.07, 6.45) is 0.606. The Kier molecular flexibility index (Phi) is 4.62. The second-order valence-electron chi connectivity index (χ2n) is 3.02. The third kappa shape index (κ3) is 3.81. The fourth-order valence-corrected chi connectivity index (χ4v) is 1.20. The molecule has 0 bridgehead atoms. The van der Waals surface area contributed by atoms with E-state index in [0.717, 1.165) is 6.33 Å². The number of nitrogens with zero attached hydrogens (tertiary/aromatic N) is 2. The van der Waals surface area contributed by atoms with Gasteiger partial charge in [0.2, 0.25) is 5.91 Å². The van der Waals surface area contributed by atoms with Gasteiger partial charge in [-0.1, -0.05) is 23.2 Å². The van der Waals surface area contributed by atoms with Gasteiger partial charge in [-0.3, -0.25) is 9.59 Å². The molecule has 0 radical (unpaired) electrons. The minimum Gasteiger partial charge on any atom is -0.481 e. The van der Waals surface area contributed by atoms with Crippen LogP contribution in [0, 0.1) is 0 Å². The van der Waals surface area contributed by atoms with Gasteiger partial charge in [-0.25, -0.2) is 9.97 Å². The SMILES string of the molecule is NC(CC(=O)O)C(=O)Nc1ncnc(Cl)c1Cl. The van der Waals surface area contributed by atoms with Crippen molar-refractivity contribution in [3.8, 4) is 0 Å². The van der Waals surface area contributed by atoms with E-state index >= 15 is 0 Å². The van der Waals surface area contributed by atoms with Crippen LogP contribution < -0.4 is 11.1 Å². The van der Waals surface area contributed by atoms with Crippen molar-refractivity contribution in [2.24, 2.45) is 5.73 Å². The maximum atomic E-state index is 11.4. The standard InChI is InChI=1S/C8H8Cl2N4O3/c9-5-6(10)12-2-13-7(5)14-8(17)3(11)1-4(15)16/h2-3H,1,11H2,(H,15,16)(H,12,13,14,17). The van der Waals surface area contributed by atoms with E-state index in [-0.39, 0.29) is 16.0 Å². The van der Waals surface area contributed by atoms with E-state index in [1.807, 2.05) is 0 Å². The number of carboxylic acids is 1. The van der Waals surface area contributed by atoms with Crippen LogP contribution in [-0.4, -0.2) is 33.0 Å². The fourth-order valence-electron chi connectivity index (χ4n) is 0.926. The van der Waals surface area contributed by atoms with E-state index in [2.05, 4.69) is 15.3 Å². The Labute approximate surface area is 106 Å². The van der Waals surface area contributed by atoms with Crippen molar-refractivity contribution >= 4 is 40.9 Å². The number of nitrogens with two attached hydrogens (primary N) is 1. The van der Waals surface area contributed by atoms with E-state index in [4.69, 9.17) is 34.0 Å². The van der Waals surface area contributed by atoms with Crippen molar-refractivity contribution in [3.05, 3.63) is 16.5 Å². The number of carbonyl (C=O) groups is 2. The van der Waals surface area contributed by atoms with Crippen LogP contribution in [0.4, 0.5) is 5.82 Å². The van der Waals surface area contributed by atoms with Crippen LogP contribution in [0.25, 0.3) is 0 Å². The normalized spacial score (nSPS) is 11.9. The zero-order valence-corrected chi connectivity index (χ0v) is 9.87. The van der Waals surface area contributed by atoms with Crippen molar-refractivity contribution in [2.45, 2.75) is 12.5 Å². The Morgan fingerprint density at radius 3 is 2.71 bits per heavy atom. The van der Waals surface area contributed by atoms with E-state index < -0.39 is 24.3 Å². The summed E-state index contributed by atoms with van der Waals surface area (Å²) in [4.78, 5) is 29.1. The molecule has 0 aliphatic carbocycles. The number of aromatic nitrogens is 2. The van der Waals surface area contributed by atoms with Gasteiger partial charge in [0.1, 0.15) is 11.3 Å². The van der Waals surface area contributed by atoms with E-state index in [0.29, 0.717) is 0 Å². The van der Waals surface area contributed by atoms with Crippen LogP contribution in [0.1, 0.15) is 6.42 Å². The Bertz CT molecular complexity index is 454. The molecule has 1 amide bonds. The summed E-state index contributed by atoms with van der Waals surface area (Å²) in [5.74, 6) is -1.92. The summed E-state index contributed by atoms with van der Waals surface area (Å²) in [5, 5.41) is 10.7. The zero-order valence-electron chi connectivity index (χ0n) is 8.35. The molecule has 9 heteroatoms. The first kappa shape index (κ1) is 13.6. The molecule has 0 saturated carbocycles. The molecule has 0 fully saturated rings. The molecule has 0 saturated heterocycles. The largest absolute Gasteiger partial charge is 0.481 e. The Morgan fingerprint density at radius 2 is 2.12 bits per heavy atom. The van der Waals surface area contributed by atoms with Crippen LogP contribution in [-0.2, 0) is 9.59 Å². The number of nitrogens with one attached hydrogen (secondary N) is 1. The van der Waals surface area contributed by atoms with Crippen LogP contribution in [0.15, 0.2) is 6.33 Å². The smallest absolute Gasteiger partial charge is 0.305 e. The molecule has 0 aliphatic heterocycles. The number of hydrogen-bond donors (Lipinski definition) is 3. The lowest BCUT2D eigenvalue weighted by atomic mass is 10.2. The molecule has 1 atom stereocenters. The van der Waals surface area contributed by atoms with Gasteiger partial charge in [-0.2, -0.15) is 0 Å². The number of anilines is 1. The van der Waals surface area contributed by atoms with Gasteiger partial charge in [0.05, 0.1) is 12.5 Å². The number of carbonyl (C=O) groups excluding carboxylic acids is 1. The lowest BCUT2D eigenvalue weighted by Crippen LogP contribution is -2.37. The van der Waals surface area contributed by atoms with Crippen molar-refractivity contribution in [2.75, 3.05) is 5.32 Å². The summed E-state index contributed by atoms with van der Waals surface area (Å²) in [7, 11) is 0. The lowest BCUT2D eigenvalue weighted by Gasteiger charge is -2.10. The van der Waals surface area contributed by atoms with Crippen molar-refractivity contribution in [3.63, 3.8) is 0 Å². The molecular formula is C8H8Cl2N4O3. The minimum atomic E-state index is -1.20. The molecule has 1 aromatic heterocycles. The molecule has 17 heavy (non-hydrogen) atoms. The highest BCUT2D eigenvalue weighted by atomic mass is 35.5. The van der Waals surface area contributed by atoms with E-state index in [9.17, 15) is 9.59 Å². The number of carboxylic acid groups (broad SMARTS) is 1. The molecule has 1 aromatic rings. The Morgan fingerprint density at radius 1 is 1.47 bits per heavy atom. The van der Waals surface area contributed by atoms with Gasteiger partial charge in [0.15, 0.2) is 11.0 Å². The van der Waals surface area contributed by atoms with Crippen LogP contribution in [0.2, 0.25) is 10.2 Å². The van der Waals surface area contributed by atoms with Crippen molar-refractivity contribution in [1.82, 2.24) is 9.97 Å². The fraction of sp³-hybridized carbons (Fsp3) is 0.250. The summed E-state index contributed by atoms with van der Waals surface area (Å²) in [6, 6.07) is -1.20. The molecule has 7 nitrogen and oxygen atoms in total. The highest BCUT2D eigenvalue weighted by Crippen LogP contribution is 2.25. The second kappa shape index (κ2) is 5.76. The predicted octanol–water partition coefficient (Wildman–Crippen LogP) is 0.524. The number of aliphatic carboxylic acids is 1. The first-order chi connectivity index (χ1) is 7.91. The van der Waals surface area contributed by atoms with E-state index in [1.165, 1.54) is 0 Å². The molecule has 0 aliphatic rings. The first-order valence-corrected chi connectivity index (χ1v) is 5.11. The number of amides is 1. The van der Waals surface area contributed by atoms with Gasteiger partial charge in [0.25, 0.3) is 0 Å². The highest BCUT2D eigenvalue weighted by molar-refractivity contribution is 6.42. The van der Waals surface area contributed by atoms with Gasteiger partial charge < -0.3 is 16.2 Å². The number of rotatable bonds is 4. The predicted molar refractivity (Wildman–Crippen MR) is 60.9 cm³/mol. The Balaban J connectivity index is 2.74. The second-order valence-corrected chi connectivity index (χ2v) is 3.76. The summed E-state index contributed by atoms with van der Waals surface area (Å²) in [5.41, 5.74) is 5.34. The topological polar surface area (TPSA) is 118 Å². The molecule has 1 unspecified atom stereocenters. The van der Waals surface area contributed by atoms with Crippen LogP contribution in [0.3, 0.4) is 0 Å². The highest BCUT2D eigenvalue weighted by Gasteiger charge is 2.19. The maximum absolute atomic E-state index is 11.4. The quantitative estimate of drug-likeness (QED) is 0.691. The molecule has 1 heterocycles. The van der Waals surface area contributed by atoms with Gasteiger partial charge in [0, 0.05) is 0 Å². The maximum Gasteiger partial charge on any atom is 0.305 e. The van der Waals surface area contributed by atoms with E-state index in [1.54, 1.807) is 0 Å². The van der Waals surface area contributed by atoms with Gasteiger partial charge >= 0.3 is 5.97 Å². The van der Waals surface area contributed by atoms with Crippen molar-refractivity contribution < 1.29 is 14.7 Å². The molecule has 4 N–H and O–H groups in total. The number of hydrogen-bond acceptors (Lipinski definition) is 5. The molecule has 1 rings (SSSR count). The summed E-state index contributed by atoms with van der Waals surface area (Å²) in [6.45, 7) is 0. The zero-order chi connectivity index (χ0) is 13.0. The minimum absolute atomic E-state index is 0.0162. The lowest BCUT2D eigenvalue weighted by molar-refractivity contribution is -0.138. The molecule has 92 valence electrons. The van der Waals surface area contributed by atoms with Crippen molar-refractivity contribution in [1.29, 1.82) is 0 Å². The molecule has 0 aromatic carbocycles. The van der Waals surface area contributed by atoms with Gasteiger partial charge in [-0.15, -0.1) is 0 Å². The summed E-state index contributed by atoms with van der Waals surface area (Å²) >= 11 is 11.3. The first-order valence-electron chi connectivity index (χ1n) is 4.36. The number of halogens is 2. The Hall–Kier alpha value is -1.44. The average Bonchev–Trinajstić information content (AvgIpc) is 2.23. The van der Waals surface area contributed by atoms with Gasteiger partial charge in [-0.05, 0) is 0 Å². The molecular weight excluding hydrogens is 271 g/mol. The van der Waals surface area contributed by atoms with Crippen LogP contribution in [0.5, 0.6) is 0 Å².